The van der Waals surface area contributed by atoms with E-state index in [-0.39, 0.29) is 0 Å². The van der Waals surface area contributed by atoms with Crippen molar-refractivity contribution in [2.45, 2.75) is 12.8 Å². The van der Waals surface area contributed by atoms with Crippen molar-refractivity contribution < 1.29 is 0 Å². The van der Waals surface area contributed by atoms with Gasteiger partial charge in [-0.25, -0.2) is 0 Å². The molecule has 5 heteroatoms. The van der Waals surface area contributed by atoms with Crippen molar-refractivity contribution in [2.75, 3.05) is 5.88 Å². The van der Waals surface area contributed by atoms with E-state index in [1.807, 2.05) is 18.2 Å². The summed E-state index contributed by atoms with van der Waals surface area (Å²) in [6.07, 6.45) is 3.63. The molecule has 0 atom stereocenters. The smallest absolute Gasteiger partial charge is 0.150 e. The number of hydrogen-bond acceptors (Lipinski definition) is 4. The Labute approximate surface area is 120 Å². The Kier molecular flexibility index (Phi) is 3.71. The molecule has 19 heavy (non-hydrogen) atoms. The topological polar surface area (TPSA) is 38.7 Å². The Balaban J connectivity index is 2.02. The molecule has 3 aromatic rings. The van der Waals surface area contributed by atoms with Gasteiger partial charge in [0.25, 0.3) is 0 Å². The standard InChI is InChI=1S/C14H12ClN3S/c15-8-2-7-12-17-18-14(19-12)11-6-1-4-10-5-3-9-16-13(10)11/h1,3-6,9H,2,7-8H2. The zero-order chi connectivity index (χ0) is 13.1. The fourth-order valence-electron chi connectivity index (χ4n) is 1.96. The molecule has 3 rings (SSSR count). The Hall–Kier alpha value is -1.52. The molecule has 0 aliphatic rings. The van der Waals surface area contributed by atoms with E-state index in [0.29, 0.717) is 5.88 Å². The zero-order valence-electron chi connectivity index (χ0n) is 10.2. The predicted molar refractivity (Wildman–Crippen MR) is 79.7 cm³/mol. The molecule has 0 unspecified atom stereocenters. The van der Waals surface area contributed by atoms with Crippen LogP contribution >= 0.6 is 22.9 Å². The lowest BCUT2D eigenvalue weighted by Crippen LogP contribution is -1.84. The summed E-state index contributed by atoms with van der Waals surface area (Å²) in [7, 11) is 0. The number of aryl methyl sites for hydroxylation is 1. The van der Waals surface area contributed by atoms with Gasteiger partial charge < -0.3 is 0 Å². The van der Waals surface area contributed by atoms with Gasteiger partial charge >= 0.3 is 0 Å². The largest absolute Gasteiger partial charge is 0.256 e. The Bertz CT molecular complexity index is 690. The van der Waals surface area contributed by atoms with Crippen LogP contribution in [-0.4, -0.2) is 21.1 Å². The van der Waals surface area contributed by atoms with Gasteiger partial charge in [0.15, 0.2) is 0 Å². The summed E-state index contributed by atoms with van der Waals surface area (Å²) in [5.41, 5.74) is 2.03. The van der Waals surface area contributed by atoms with Gasteiger partial charge in [0.2, 0.25) is 0 Å². The molecule has 2 aromatic heterocycles. The first-order valence-electron chi connectivity index (χ1n) is 6.11. The van der Waals surface area contributed by atoms with E-state index < -0.39 is 0 Å². The highest BCUT2D eigenvalue weighted by atomic mass is 35.5. The van der Waals surface area contributed by atoms with Gasteiger partial charge in [0, 0.05) is 29.4 Å². The normalized spacial score (nSPS) is 11.0. The van der Waals surface area contributed by atoms with Crippen molar-refractivity contribution >= 4 is 33.8 Å². The summed E-state index contributed by atoms with van der Waals surface area (Å²) in [6.45, 7) is 0. The summed E-state index contributed by atoms with van der Waals surface area (Å²) < 4.78 is 0. The van der Waals surface area contributed by atoms with Crippen LogP contribution in [0.2, 0.25) is 0 Å². The second kappa shape index (κ2) is 5.63. The van der Waals surface area contributed by atoms with E-state index in [2.05, 4.69) is 27.3 Å². The number of aromatic nitrogens is 3. The van der Waals surface area contributed by atoms with Crippen LogP contribution in [0, 0.1) is 0 Å². The molecule has 0 spiro atoms. The average molecular weight is 290 g/mol. The van der Waals surface area contributed by atoms with Crippen molar-refractivity contribution in [2.24, 2.45) is 0 Å². The molecule has 1 aromatic carbocycles. The van der Waals surface area contributed by atoms with Crippen LogP contribution in [0.4, 0.5) is 0 Å². The van der Waals surface area contributed by atoms with Crippen LogP contribution in [0.15, 0.2) is 36.5 Å². The fraction of sp³-hybridized carbons (Fsp3) is 0.214. The molecule has 0 amide bonds. The monoisotopic (exact) mass is 289 g/mol. The van der Waals surface area contributed by atoms with Crippen LogP contribution in [-0.2, 0) is 6.42 Å². The number of pyridine rings is 1. The van der Waals surface area contributed by atoms with Gasteiger partial charge in [0.05, 0.1) is 5.52 Å². The molecule has 2 heterocycles. The number of fused-ring (bicyclic) bond motifs is 1. The highest BCUT2D eigenvalue weighted by molar-refractivity contribution is 7.14. The quantitative estimate of drug-likeness (QED) is 0.683. The summed E-state index contributed by atoms with van der Waals surface area (Å²) in [5.74, 6) is 0.657. The number of halogens is 1. The third-order valence-corrected chi connectivity index (χ3v) is 4.14. The lowest BCUT2D eigenvalue weighted by molar-refractivity contribution is 0.884. The second-order valence-electron chi connectivity index (χ2n) is 4.17. The Morgan fingerprint density at radius 2 is 2.00 bits per heavy atom. The number of benzene rings is 1. The van der Waals surface area contributed by atoms with Crippen molar-refractivity contribution in [3.05, 3.63) is 41.5 Å². The molecule has 0 N–H and O–H groups in total. The van der Waals surface area contributed by atoms with Crippen molar-refractivity contribution in [3.63, 3.8) is 0 Å². The van der Waals surface area contributed by atoms with Crippen LogP contribution in [0.5, 0.6) is 0 Å². The van der Waals surface area contributed by atoms with E-state index in [1.54, 1.807) is 17.5 Å². The zero-order valence-corrected chi connectivity index (χ0v) is 11.8. The maximum absolute atomic E-state index is 5.70. The third-order valence-electron chi connectivity index (χ3n) is 2.85. The lowest BCUT2D eigenvalue weighted by Gasteiger charge is -2.01. The van der Waals surface area contributed by atoms with E-state index in [4.69, 9.17) is 11.6 Å². The predicted octanol–water partition coefficient (Wildman–Crippen LogP) is 3.92. The first kappa shape index (κ1) is 12.5. The Morgan fingerprint density at radius 1 is 1.11 bits per heavy atom. The summed E-state index contributed by atoms with van der Waals surface area (Å²) in [4.78, 5) is 4.45. The SMILES string of the molecule is ClCCCc1nnc(-c2cccc3cccnc23)s1. The van der Waals surface area contributed by atoms with Crippen LogP contribution in [0.3, 0.4) is 0 Å². The number of alkyl halides is 1. The van der Waals surface area contributed by atoms with Crippen molar-refractivity contribution in [1.29, 1.82) is 0 Å². The molecule has 0 bridgehead atoms. The molecule has 0 fully saturated rings. The Morgan fingerprint density at radius 3 is 2.89 bits per heavy atom. The van der Waals surface area contributed by atoms with E-state index >= 15 is 0 Å². The highest BCUT2D eigenvalue weighted by Gasteiger charge is 2.10. The molecule has 0 radical (unpaired) electrons. The number of nitrogens with zero attached hydrogens (tertiary/aromatic N) is 3. The van der Waals surface area contributed by atoms with Crippen molar-refractivity contribution in [3.8, 4) is 10.6 Å². The summed E-state index contributed by atoms with van der Waals surface area (Å²) in [6, 6.07) is 10.1. The molecule has 0 saturated heterocycles. The number of hydrogen-bond donors (Lipinski definition) is 0. The minimum absolute atomic E-state index is 0.657. The van der Waals surface area contributed by atoms with Crippen LogP contribution in [0.25, 0.3) is 21.5 Å². The van der Waals surface area contributed by atoms with Gasteiger partial charge in [-0.15, -0.1) is 21.8 Å². The summed E-state index contributed by atoms with van der Waals surface area (Å²) >= 11 is 7.32. The van der Waals surface area contributed by atoms with Gasteiger partial charge in [-0.3, -0.25) is 4.98 Å². The molecule has 0 saturated carbocycles. The van der Waals surface area contributed by atoms with Gasteiger partial charge in [-0.1, -0.05) is 29.5 Å². The molecule has 3 nitrogen and oxygen atoms in total. The average Bonchev–Trinajstić information content (AvgIpc) is 2.93. The minimum Gasteiger partial charge on any atom is -0.256 e. The minimum atomic E-state index is 0.657. The van der Waals surface area contributed by atoms with Crippen LogP contribution < -0.4 is 0 Å². The van der Waals surface area contributed by atoms with Crippen LogP contribution in [0.1, 0.15) is 11.4 Å². The van der Waals surface area contributed by atoms with E-state index in [9.17, 15) is 0 Å². The number of rotatable bonds is 4. The molecular formula is C14H12ClN3S. The highest BCUT2D eigenvalue weighted by Crippen LogP contribution is 2.29. The maximum Gasteiger partial charge on any atom is 0.150 e. The van der Waals surface area contributed by atoms with Gasteiger partial charge in [-0.05, 0) is 18.6 Å². The van der Waals surface area contributed by atoms with E-state index in [1.165, 1.54) is 0 Å². The molecule has 0 aliphatic heterocycles. The van der Waals surface area contributed by atoms with Gasteiger partial charge in [0.1, 0.15) is 10.0 Å². The molecular weight excluding hydrogens is 278 g/mol. The van der Waals surface area contributed by atoms with E-state index in [0.717, 1.165) is 39.3 Å². The molecule has 96 valence electrons. The fourth-order valence-corrected chi connectivity index (χ4v) is 3.00. The molecule has 0 aliphatic carbocycles. The summed E-state index contributed by atoms with van der Waals surface area (Å²) in [5, 5.41) is 11.6. The van der Waals surface area contributed by atoms with Gasteiger partial charge in [-0.2, -0.15) is 0 Å². The van der Waals surface area contributed by atoms with Crippen molar-refractivity contribution in [1.82, 2.24) is 15.2 Å². The second-order valence-corrected chi connectivity index (χ2v) is 5.61. The maximum atomic E-state index is 5.70. The first-order valence-corrected chi connectivity index (χ1v) is 7.46. The number of para-hydroxylation sites is 1. The lowest BCUT2D eigenvalue weighted by atomic mass is 10.1. The first-order chi connectivity index (χ1) is 9.38. The third kappa shape index (κ3) is 2.60.